The molecule has 0 aliphatic heterocycles. The van der Waals surface area contributed by atoms with Crippen molar-refractivity contribution in [1.82, 2.24) is 15.2 Å². The van der Waals surface area contributed by atoms with Gasteiger partial charge in [-0.25, -0.2) is 5.10 Å². The fourth-order valence-electron chi connectivity index (χ4n) is 1.41. The van der Waals surface area contributed by atoms with Crippen molar-refractivity contribution in [3.8, 4) is 6.01 Å². The van der Waals surface area contributed by atoms with Gasteiger partial charge >= 0.3 is 6.01 Å². The Morgan fingerprint density at radius 3 is 2.94 bits per heavy atom. The van der Waals surface area contributed by atoms with Gasteiger partial charge in [0, 0.05) is 10.0 Å². The molecule has 0 atom stereocenters. The van der Waals surface area contributed by atoms with E-state index in [9.17, 15) is 4.79 Å². The topological polar surface area (TPSA) is 79.9 Å². The number of hydrogen-bond acceptors (Lipinski definition) is 4. The highest BCUT2D eigenvalue weighted by molar-refractivity contribution is 9.10. The maximum atomic E-state index is 12.0. The van der Waals surface area contributed by atoms with E-state index in [2.05, 4.69) is 36.4 Å². The van der Waals surface area contributed by atoms with Gasteiger partial charge in [-0.05, 0) is 24.6 Å². The average molecular weight is 311 g/mol. The van der Waals surface area contributed by atoms with Crippen LogP contribution in [0, 0.1) is 6.92 Å². The van der Waals surface area contributed by atoms with E-state index < -0.39 is 0 Å². The number of rotatable bonds is 3. The highest BCUT2D eigenvalue weighted by atomic mass is 79.9. The van der Waals surface area contributed by atoms with Crippen LogP contribution in [0.15, 0.2) is 22.7 Å². The lowest BCUT2D eigenvalue weighted by atomic mass is 10.1. The van der Waals surface area contributed by atoms with E-state index in [1.165, 1.54) is 7.11 Å². The van der Waals surface area contributed by atoms with Gasteiger partial charge in [0.05, 0.1) is 7.11 Å². The minimum Gasteiger partial charge on any atom is -0.466 e. The molecule has 94 valence electrons. The summed E-state index contributed by atoms with van der Waals surface area (Å²) in [5.41, 5.74) is 1.45. The Hall–Kier alpha value is -1.89. The number of methoxy groups -OCH3 is 1. The number of aromatic nitrogens is 3. The average Bonchev–Trinajstić information content (AvgIpc) is 2.80. The second-order valence-corrected chi connectivity index (χ2v) is 4.50. The number of halogens is 1. The molecule has 0 saturated carbocycles. The minimum absolute atomic E-state index is 0.177. The van der Waals surface area contributed by atoms with Crippen LogP contribution in [0.2, 0.25) is 0 Å². The maximum absolute atomic E-state index is 12.0. The third kappa shape index (κ3) is 2.67. The number of nitrogens with zero attached hydrogens (tertiary/aromatic N) is 2. The van der Waals surface area contributed by atoms with Crippen molar-refractivity contribution in [2.24, 2.45) is 0 Å². The Labute approximate surface area is 112 Å². The summed E-state index contributed by atoms with van der Waals surface area (Å²) in [6.07, 6.45) is 0. The highest BCUT2D eigenvalue weighted by Crippen LogP contribution is 2.17. The fraction of sp³-hybridized carbons (Fsp3) is 0.182. The first kappa shape index (κ1) is 12.6. The molecule has 0 saturated heterocycles. The molecular formula is C11H11BrN4O2. The van der Waals surface area contributed by atoms with Crippen LogP contribution in [0.4, 0.5) is 5.95 Å². The van der Waals surface area contributed by atoms with Gasteiger partial charge in [-0.3, -0.25) is 10.1 Å². The summed E-state index contributed by atoms with van der Waals surface area (Å²) >= 11 is 3.33. The van der Waals surface area contributed by atoms with E-state index in [0.717, 1.165) is 10.0 Å². The zero-order valence-electron chi connectivity index (χ0n) is 9.82. The number of nitrogens with one attached hydrogen (secondary N) is 2. The standard InChI is InChI=1S/C11H11BrN4O2/c1-6-3-4-7(12)5-8(6)9(17)13-10-14-11(18-2)16-15-10/h3-5H,1-2H3,(H2,13,14,15,16,17). The first-order chi connectivity index (χ1) is 8.60. The SMILES string of the molecule is COc1n[nH]c(NC(=O)c2cc(Br)ccc2C)n1. The number of carbonyl (C=O) groups excluding carboxylic acids is 1. The maximum Gasteiger partial charge on any atom is 0.336 e. The number of H-pyrrole nitrogens is 1. The van der Waals surface area contributed by atoms with E-state index in [-0.39, 0.29) is 17.9 Å². The second kappa shape index (κ2) is 5.18. The molecular weight excluding hydrogens is 300 g/mol. The normalized spacial score (nSPS) is 10.2. The van der Waals surface area contributed by atoms with E-state index in [1.54, 1.807) is 6.07 Å². The van der Waals surface area contributed by atoms with Gasteiger partial charge < -0.3 is 4.74 Å². The lowest BCUT2D eigenvalue weighted by molar-refractivity contribution is 0.102. The molecule has 2 aromatic rings. The molecule has 1 heterocycles. The van der Waals surface area contributed by atoms with Crippen LogP contribution in [0.1, 0.15) is 15.9 Å². The Bertz CT molecular complexity index is 582. The fourth-order valence-corrected chi connectivity index (χ4v) is 1.77. The Morgan fingerprint density at radius 1 is 1.50 bits per heavy atom. The summed E-state index contributed by atoms with van der Waals surface area (Å²) in [5, 5.41) is 8.91. The highest BCUT2D eigenvalue weighted by Gasteiger charge is 2.12. The van der Waals surface area contributed by atoms with E-state index in [1.807, 2.05) is 19.1 Å². The summed E-state index contributed by atoms with van der Waals surface area (Å²) in [5.74, 6) is -0.0103. The molecule has 0 aliphatic rings. The van der Waals surface area contributed by atoms with Gasteiger partial charge in [-0.15, -0.1) is 5.10 Å². The molecule has 2 rings (SSSR count). The van der Waals surface area contributed by atoms with Gasteiger partial charge in [0.25, 0.3) is 5.91 Å². The first-order valence-electron chi connectivity index (χ1n) is 5.14. The van der Waals surface area contributed by atoms with E-state index >= 15 is 0 Å². The van der Waals surface area contributed by atoms with Crippen molar-refractivity contribution in [1.29, 1.82) is 0 Å². The molecule has 0 spiro atoms. The molecule has 7 heteroatoms. The summed E-state index contributed by atoms with van der Waals surface area (Å²) < 4.78 is 5.65. The molecule has 0 radical (unpaired) electrons. The van der Waals surface area contributed by atoms with Crippen LogP contribution in [-0.4, -0.2) is 28.2 Å². The number of ether oxygens (including phenoxy) is 1. The lowest BCUT2D eigenvalue weighted by Crippen LogP contribution is -2.14. The monoisotopic (exact) mass is 310 g/mol. The van der Waals surface area contributed by atoms with Crippen LogP contribution in [0.3, 0.4) is 0 Å². The van der Waals surface area contributed by atoms with Crippen molar-refractivity contribution in [3.63, 3.8) is 0 Å². The van der Waals surface area contributed by atoms with Gasteiger partial charge in [0.2, 0.25) is 5.95 Å². The molecule has 0 bridgehead atoms. The Balaban J connectivity index is 2.19. The molecule has 18 heavy (non-hydrogen) atoms. The zero-order valence-corrected chi connectivity index (χ0v) is 11.4. The molecule has 2 N–H and O–H groups in total. The minimum atomic E-state index is -0.257. The predicted octanol–water partition coefficient (Wildman–Crippen LogP) is 2.14. The van der Waals surface area contributed by atoms with Crippen molar-refractivity contribution in [3.05, 3.63) is 33.8 Å². The summed E-state index contributed by atoms with van der Waals surface area (Å²) in [7, 11) is 1.45. The van der Waals surface area contributed by atoms with Crippen LogP contribution in [-0.2, 0) is 0 Å². The number of anilines is 1. The summed E-state index contributed by atoms with van der Waals surface area (Å²) in [4.78, 5) is 15.9. The molecule has 1 aromatic heterocycles. The molecule has 0 aliphatic carbocycles. The van der Waals surface area contributed by atoms with E-state index in [4.69, 9.17) is 4.74 Å². The van der Waals surface area contributed by atoms with Gasteiger partial charge in [-0.1, -0.05) is 22.0 Å². The summed E-state index contributed by atoms with van der Waals surface area (Å²) in [6, 6.07) is 5.67. The number of aryl methyl sites for hydroxylation is 1. The number of aromatic amines is 1. The van der Waals surface area contributed by atoms with Gasteiger partial charge in [0.1, 0.15) is 0 Å². The molecule has 0 fully saturated rings. The molecule has 1 aromatic carbocycles. The predicted molar refractivity (Wildman–Crippen MR) is 69.8 cm³/mol. The third-order valence-electron chi connectivity index (χ3n) is 2.32. The number of hydrogen-bond donors (Lipinski definition) is 2. The number of benzene rings is 1. The van der Waals surface area contributed by atoms with Crippen LogP contribution >= 0.6 is 15.9 Å². The lowest BCUT2D eigenvalue weighted by Gasteiger charge is -2.05. The Morgan fingerprint density at radius 2 is 2.28 bits per heavy atom. The van der Waals surface area contributed by atoms with Crippen molar-refractivity contribution < 1.29 is 9.53 Å². The third-order valence-corrected chi connectivity index (χ3v) is 2.82. The Kier molecular flexibility index (Phi) is 3.61. The largest absolute Gasteiger partial charge is 0.466 e. The number of amides is 1. The van der Waals surface area contributed by atoms with E-state index in [0.29, 0.717) is 5.56 Å². The van der Waals surface area contributed by atoms with Crippen molar-refractivity contribution >= 4 is 27.8 Å². The smallest absolute Gasteiger partial charge is 0.336 e. The van der Waals surface area contributed by atoms with Crippen molar-refractivity contribution in [2.75, 3.05) is 12.4 Å². The first-order valence-corrected chi connectivity index (χ1v) is 5.93. The quantitative estimate of drug-likeness (QED) is 0.910. The van der Waals surface area contributed by atoms with Crippen LogP contribution < -0.4 is 10.1 Å². The zero-order chi connectivity index (χ0) is 13.1. The van der Waals surface area contributed by atoms with Crippen molar-refractivity contribution in [2.45, 2.75) is 6.92 Å². The summed E-state index contributed by atoms with van der Waals surface area (Å²) in [6.45, 7) is 1.86. The van der Waals surface area contributed by atoms with Gasteiger partial charge in [-0.2, -0.15) is 4.98 Å². The molecule has 0 unspecified atom stereocenters. The number of carbonyl (C=O) groups is 1. The molecule has 1 amide bonds. The van der Waals surface area contributed by atoms with Crippen LogP contribution in [0.25, 0.3) is 0 Å². The second-order valence-electron chi connectivity index (χ2n) is 3.58. The van der Waals surface area contributed by atoms with Crippen LogP contribution in [0.5, 0.6) is 6.01 Å². The van der Waals surface area contributed by atoms with Gasteiger partial charge in [0.15, 0.2) is 0 Å². The molecule has 6 nitrogen and oxygen atoms in total.